The van der Waals surface area contributed by atoms with Crippen molar-refractivity contribution in [1.29, 1.82) is 0 Å². The van der Waals surface area contributed by atoms with Crippen molar-refractivity contribution >= 4 is 21.7 Å². The molecule has 2 N–H and O–H groups in total. The number of anilines is 1. The van der Waals surface area contributed by atoms with Crippen LogP contribution in [-0.2, 0) is 19.6 Å². The maximum Gasteiger partial charge on any atom is 0.129 e. The molecule has 3 nitrogen and oxygen atoms in total. The third kappa shape index (κ3) is 2.80. The molecule has 0 bridgehead atoms. The lowest BCUT2D eigenvalue weighted by atomic mass is 10.1. The summed E-state index contributed by atoms with van der Waals surface area (Å²) in [6.07, 6.45) is 1.82. The predicted octanol–water partition coefficient (Wildman–Crippen LogP) is 3.37. The van der Waals surface area contributed by atoms with E-state index < -0.39 is 0 Å². The van der Waals surface area contributed by atoms with Crippen LogP contribution in [0.25, 0.3) is 0 Å². The van der Waals surface area contributed by atoms with Gasteiger partial charge in [0.15, 0.2) is 0 Å². The first-order chi connectivity index (χ1) is 9.22. The van der Waals surface area contributed by atoms with Crippen molar-refractivity contribution in [3.8, 4) is 0 Å². The molecule has 1 aliphatic heterocycles. The normalized spacial score (nSPS) is 13.4. The maximum absolute atomic E-state index is 4.40. The van der Waals surface area contributed by atoms with Crippen LogP contribution in [0.3, 0.4) is 0 Å². The first kappa shape index (κ1) is 12.6. The number of aryl methyl sites for hydroxylation is 1. The minimum Gasteiger partial charge on any atom is -0.366 e. The van der Waals surface area contributed by atoms with Gasteiger partial charge in [-0.05, 0) is 51.2 Å². The minimum atomic E-state index is 0.808. The highest BCUT2D eigenvalue weighted by atomic mass is 79.9. The van der Waals surface area contributed by atoms with Crippen LogP contribution in [0, 0.1) is 6.92 Å². The first-order valence-corrected chi connectivity index (χ1v) is 7.19. The highest BCUT2D eigenvalue weighted by molar-refractivity contribution is 9.10. The zero-order chi connectivity index (χ0) is 13.2. The van der Waals surface area contributed by atoms with Gasteiger partial charge in [0.1, 0.15) is 5.82 Å². The van der Waals surface area contributed by atoms with Crippen LogP contribution in [0.1, 0.15) is 22.3 Å². The summed E-state index contributed by atoms with van der Waals surface area (Å²) in [6.45, 7) is 4.85. The van der Waals surface area contributed by atoms with E-state index in [4.69, 9.17) is 0 Å². The Hall–Kier alpha value is -1.39. The van der Waals surface area contributed by atoms with Crippen LogP contribution in [0.2, 0.25) is 0 Å². The van der Waals surface area contributed by atoms with E-state index in [1.807, 2.05) is 6.20 Å². The third-order valence-corrected chi connectivity index (χ3v) is 3.84. The molecule has 0 saturated heterocycles. The smallest absolute Gasteiger partial charge is 0.129 e. The molecule has 0 radical (unpaired) electrons. The van der Waals surface area contributed by atoms with Gasteiger partial charge in [-0.25, -0.2) is 4.98 Å². The Morgan fingerprint density at radius 3 is 2.95 bits per heavy atom. The van der Waals surface area contributed by atoms with Gasteiger partial charge < -0.3 is 10.6 Å². The Morgan fingerprint density at radius 2 is 2.11 bits per heavy atom. The number of hydrogen-bond donors (Lipinski definition) is 2. The Bertz CT molecular complexity index is 610. The topological polar surface area (TPSA) is 37.0 Å². The fraction of sp³-hybridized carbons (Fsp3) is 0.267. The highest BCUT2D eigenvalue weighted by Crippen LogP contribution is 2.20. The number of fused-ring (bicyclic) bond motifs is 1. The van der Waals surface area contributed by atoms with Crippen molar-refractivity contribution in [2.75, 3.05) is 5.32 Å². The molecule has 2 heterocycles. The Morgan fingerprint density at radius 1 is 1.26 bits per heavy atom. The number of aromatic nitrogens is 1. The third-order valence-electron chi connectivity index (χ3n) is 3.41. The fourth-order valence-corrected chi connectivity index (χ4v) is 2.82. The molecule has 0 unspecified atom stereocenters. The largest absolute Gasteiger partial charge is 0.366 e. The lowest BCUT2D eigenvalue weighted by Crippen LogP contribution is -2.03. The molecule has 0 fully saturated rings. The molecule has 3 rings (SSSR count). The standard InChI is InChI=1S/C15H16BrN3/c1-10-4-14(16)9-19-15(10)18-6-11-2-3-12-7-17-8-13(12)5-11/h2-5,9,17H,6-8H2,1H3,(H,18,19). The van der Waals surface area contributed by atoms with Crippen molar-refractivity contribution in [1.82, 2.24) is 10.3 Å². The lowest BCUT2D eigenvalue weighted by Gasteiger charge is -2.09. The van der Waals surface area contributed by atoms with Crippen LogP contribution >= 0.6 is 15.9 Å². The molecular formula is C15H16BrN3. The Balaban J connectivity index is 1.72. The molecule has 19 heavy (non-hydrogen) atoms. The van der Waals surface area contributed by atoms with E-state index in [0.717, 1.165) is 35.5 Å². The number of nitrogens with zero attached hydrogens (tertiary/aromatic N) is 1. The average molecular weight is 318 g/mol. The summed E-state index contributed by atoms with van der Waals surface area (Å²) >= 11 is 3.43. The van der Waals surface area contributed by atoms with Gasteiger partial charge in [-0.3, -0.25) is 0 Å². The van der Waals surface area contributed by atoms with E-state index in [1.165, 1.54) is 16.7 Å². The van der Waals surface area contributed by atoms with Crippen LogP contribution < -0.4 is 10.6 Å². The van der Waals surface area contributed by atoms with Crippen LogP contribution in [0.5, 0.6) is 0 Å². The van der Waals surface area contributed by atoms with Crippen LogP contribution in [0.4, 0.5) is 5.82 Å². The van der Waals surface area contributed by atoms with E-state index >= 15 is 0 Å². The molecule has 1 aromatic heterocycles. The average Bonchev–Trinajstić information content (AvgIpc) is 2.85. The second-order valence-electron chi connectivity index (χ2n) is 4.88. The molecule has 4 heteroatoms. The summed E-state index contributed by atoms with van der Waals surface area (Å²) in [7, 11) is 0. The molecule has 0 spiro atoms. The van der Waals surface area contributed by atoms with Crippen molar-refractivity contribution in [3.63, 3.8) is 0 Å². The van der Waals surface area contributed by atoms with Crippen LogP contribution in [0.15, 0.2) is 34.9 Å². The number of rotatable bonds is 3. The minimum absolute atomic E-state index is 0.808. The number of nitrogens with one attached hydrogen (secondary N) is 2. The number of halogens is 1. The second-order valence-corrected chi connectivity index (χ2v) is 5.79. The maximum atomic E-state index is 4.40. The van der Waals surface area contributed by atoms with E-state index in [9.17, 15) is 0 Å². The predicted molar refractivity (Wildman–Crippen MR) is 81.0 cm³/mol. The van der Waals surface area contributed by atoms with Gasteiger partial charge >= 0.3 is 0 Å². The highest BCUT2D eigenvalue weighted by Gasteiger charge is 2.10. The second kappa shape index (κ2) is 5.31. The summed E-state index contributed by atoms with van der Waals surface area (Å²) in [5.74, 6) is 0.946. The summed E-state index contributed by atoms with van der Waals surface area (Å²) in [5.41, 5.74) is 5.28. The summed E-state index contributed by atoms with van der Waals surface area (Å²) < 4.78 is 1.01. The summed E-state index contributed by atoms with van der Waals surface area (Å²) in [5, 5.41) is 6.76. The number of pyridine rings is 1. The quantitative estimate of drug-likeness (QED) is 0.911. The number of hydrogen-bond acceptors (Lipinski definition) is 3. The summed E-state index contributed by atoms with van der Waals surface area (Å²) in [6, 6.07) is 8.75. The van der Waals surface area contributed by atoms with Gasteiger partial charge in [-0.1, -0.05) is 18.2 Å². The molecule has 0 amide bonds. The zero-order valence-corrected chi connectivity index (χ0v) is 12.4. The molecule has 0 saturated carbocycles. The molecule has 1 aromatic carbocycles. The monoisotopic (exact) mass is 317 g/mol. The van der Waals surface area contributed by atoms with Gasteiger partial charge in [-0.2, -0.15) is 0 Å². The van der Waals surface area contributed by atoms with Gasteiger partial charge in [0.2, 0.25) is 0 Å². The van der Waals surface area contributed by atoms with E-state index in [1.54, 1.807) is 0 Å². The lowest BCUT2D eigenvalue weighted by molar-refractivity contribution is 0.764. The molecule has 98 valence electrons. The van der Waals surface area contributed by atoms with Gasteiger partial charge in [0.25, 0.3) is 0 Å². The summed E-state index contributed by atoms with van der Waals surface area (Å²) in [4.78, 5) is 4.40. The van der Waals surface area contributed by atoms with E-state index in [2.05, 4.69) is 62.7 Å². The Labute approximate surface area is 121 Å². The Kier molecular flexibility index (Phi) is 3.53. The first-order valence-electron chi connectivity index (χ1n) is 6.40. The number of benzene rings is 1. The van der Waals surface area contributed by atoms with Crippen molar-refractivity contribution in [2.45, 2.75) is 26.6 Å². The van der Waals surface area contributed by atoms with Crippen molar-refractivity contribution in [3.05, 3.63) is 57.2 Å². The molecule has 0 atom stereocenters. The van der Waals surface area contributed by atoms with Crippen LogP contribution in [-0.4, -0.2) is 4.98 Å². The van der Waals surface area contributed by atoms with E-state index in [-0.39, 0.29) is 0 Å². The van der Waals surface area contributed by atoms with Gasteiger partial charge in [-0.15, -0.1) is 0 Å². The van der Waals surface area contributed by atoms with Gasteiger partial charge in [0, 0.05) is 30.3 Å². The SMILES string of the molecule is Cc1cc(Br)cnc1NCc1ccc2c(c1)CNC2. The van der Waals surface area contributed by atoms with Crippen molar-refractivity contribution < 1.29 is 0 Å². The van der Waals surface area contributed by atoms with Crippen molar-refractivity contribution in [2.24, 2.45) is 0 Å². The molecule has 1 aliphatic rings. The molecule has 2 aromatic rings. The molecule has 0 aliphatic carbocycles. The van der Waals surface area contributed by atoms with Gasteiger partial charge in [0.05, 0.1) is 0 Å². The van der Waals surface area contributed by atoms with E-state index in [0.29, 0.717) is 0 Å². The molecular weight excluding hydrogens is 302 g/mol. The fourth-order valence-electron chi connectivity index (χ4n) is 2.37. The zero-order valence-electron chi connectivity index (χ0n) is 10.8.